The predicted molar refractivity (Wildman–Crippen MR) is 319 cm³/mol. The summed E-state index contributed by atoms with van der Waals surface area (Å²) in [5.74, 6) is 0. The van der Waals surface area contributed by atoms with Crippen molar-refractivity contribution >= 4 is 71.8 Å². The Hall–Kier alpha value is -5.69. The number of hydrogen-bond donors (Lipinski definition) is 0. The van der Waals surface area contributed by atoms with Crippen LogP contribution < -0.4 is 9.80 Å². The molecule has 0 heterocycles. The molecule has 366 valence electrons. The van der Waals surface area contributed by atoms with E-state index >= 15 is 0 Å². The maximum atomic E-state index is 2.67. The molecule has 0 aromatic heterocycles. The zero-order chi connectivity index (χ0) is 51.4. The summed E-state index contributed by atoms with van der Waals surface area (Å²) < 4.78 is -0.100. The Morgan fingerprint density at radius 2 is 0.704 bits per heavy atom. The Morgan fingerprint density at radius 3 is 1.08 bits per heavy atom. The van der Waals surface area contributed by atoms with Crippen LogP contribution in [0.2, 0.25) is 39.3 Å². The van der Waals surface area contributed by atoms with Gasteiger partial charge in [0.05, 0.1) is 21.8 Å². The van der Waals surface area contributed by atoms with Crippen LogP contribution in [-0.2, 0) is 26.3 Å². The lowest BCUT2D eigenvalue weighted by Crippen LogP contribution is -2.63. The van der Waals surface area contributed by atoms with E-state index < -0.39 is 16.1 Å². The van der Waals surface area contributed by atoms with Crippen molar-refractivity contribution in [3.63, 3.8) is 0 Å². The monoisotopic (exact) mass is 969 g/mol. The van der Waals surface area contributed by atoms with Gasteiger partial charge in [-0.3, -0.25) is 0 Å². The first-order valence-electron chi connectivity index (χ1n) is 26.2. The van der Waals surface area contributed by atoms with E-state index in [1.165, 1.54) is 88.8 Å². The van der Waals surface area contributed by atoms with Crippen LogP contribution in [0.3, 0.4) is 0 Å². The minimum Gasteiger partial charge on any atom is -0.310 e. The Balaban J connectivity index is 1.30. The molecule has 0 amide bonds. The molecule has 0 saturated heterocycles. The zero-order valence-electron chi connectivity index (χ0n) is 46.4. The van der Waals surface area contributed by atoms with Crippen LogP contribution in [0.1, 0.15) is 116 Å². The summed E-state index contributed by atoms with van der Waals surface area (Å²) in [6.45, 7) is 43.5. The molecule has 2 nitrogen and oxygen atoms in total. The summed E-state index contributed by atoms with van der Waals surface area (Å²) in [5, 5.41) is 5.18. The molecule has 0 bridgehead atoms. The van der Waals surface area contributed by atoms with E-state index in [0.29, 0.717) is 0 Å². The van der Waals surface area contributed by atoms with Crippen LogP contribution in [0.25, 0.3) is 32.7 Å². The third kappa shape index (κ3) is 8.82. The fraction of sp³-hybridized carbons (Fsp3) is 0.343. The lowest BCUT2D eigenvalue weighted by Gasteiger charge is -2.51. The van der Waals surface area contributed by atoms with Crippen molar-refractivity contribution in [3.05, 3.63) is 191 Å². The Morgan fingerprint density at radius 1 is 0.338 bits per heavy atom. The number of fused-ring (bicyclic) bond motifs is 6. The number of anilines is 6. The minimum atomic E-state index is -2.11. The van der Waals surface area contributed by atoms with E-state index in [0.717, 1.165) is 11.4 Å². The second kappa shape index (κ2) is 17.2. The highest BCUT2D eigenvalue weighted by atomic mass is 28.4. The van der Waals surface area contributed by atoms with Gasteiger partial charge in [0.25, 0.3) is 0 Å². The largest absolute Gasteiger partial charge is 0.310 e. The average molecular weight is 970 g/mol. The standard InChI is InChI=1S/C67H80N2Si2/c1-63(2,3)47-24-33-51(34-25-47)68(52-35-26-48(27-36-52)64(4,5)6)55-32-23-45-42-58-59(43-46(45)41-55)67(70(13,14)15,71(16,17)18)60-44-61(56-21-19-20-22-57(56)62(58)60)69(53-37-28-49(29-38-53)65(7,8)9)54-39-30-50(31-40-54)66(10,11)12/h19-44H,1-18H3. The van der Waals surface area contributed by atoms with Gasteiger partial charge in [-0.2, -0.15) is 0 Å². The highest BCUT2D eigenvalue weighted by Gasteiger charge is 2.59. The van der Waals surface area contributed by atoms with Crippen LogP contribution >= 0.6 is 0 Å². The van der Waals surface area contributed by atoms with Gasteiger partial charge in [-0.05, 0) is 155 Å². The van der Waals surface area contributed by atoms with Crippen molar-refractivity contribution in [2.24, 2.45) is 0 Å². The smallest absolute Gasteiger partial charge is 0.0579 e. The van der Waals surface area contributed by atoms with Crippen molar-refractivity contribution in [2.75, 3.05) is 9.80 Å². The molecule has 1 aliphatic carbocycles. The van der Waals surface area contributed by atoms with Gasteiger partial charge in [-0.25, -0.2) is 0 Å². The van der Waals surface area contributed by atoms with Crippen LogP contribution in [-0.4, -0.2) is 16.1 Å². The van der Waals surface area contributed by atoms with Crippen molar-refractivity contribution in [3.8, 4) is 11.1 Å². The molecule has 1 aliphatic rings. The number of nitrogens with zero attached hydrogens (tertiary/aromatic N) is 2. The Bertz CT molecular complexity index is 3130. The van der Waals surface area contributed by atoms with E-state index in [9.17, 15) is 0 Å². The third-order valence-electron chi connectivity index (χ3n) is 15.8. The fourth-order valence-corrected chi connectivity index (χ4v) is 25.3. The molecule has 0 radical (unpaired) electrons. The predicted octanol–water partition coefficient (Wildman–Crippen LogP) is 20.1. The van der Waals surface area contributed by atoms with Gasteiger partial charge < -0.3 is 9.80 Å². The van der Waals surface area contributed by atoms with Crippen molar-refractivity contribution < 1.29 is 0 Å². The summed E-state index contributed by atoms with van der Waals surface area (Å²) >= 11 is 0. The van der Waals surface area contributed by atoms with Crippen molar-refractivity contribution in [1.82, 2.24) is 0 Å². The maximum Gasteiger partial charge on any atom is 0.0579 e. The second-order valence-electron chi connectivity index (χ2n) is 26.9. The quantitative estimate of drug-likeness (QED) is 0.140. The summed E-state index contributed by atoms with van der Waals surface area (Å²) in [6, 6.07) is 61.7. The SMILES string of the molecule is CC(C)(C)c1ccc(N(c2ccc(C(C)(C)C)cc2)c2ccc3cc4c(cc3c2)C([Si](C)(C)C)([Si](C)(C)C)c2cc(N(c3ccc(C(C)(C)C)cc3)c3ccc(C(C)(C)C)cc3)c3ccccc3c2-4)cc1. The van der Waals surface area contributed by atoms with E-state index in [1.807, 2.05) is 0 Å². The number of rotatable bonds is 8. The molecule has 0 N–H and O–H groups in total. The normalized spacial score (nSPS) is 14.2. The van der Waals surface area contributed by atoms with Crippen molar-refractivity contribution in [2.45, 2.75) is 149 Å². The summed E-state index contributed by atoms with van der Waals surface area (Å²) in [7, 11) is -4.22. The highest BCUT2D eigenvalue weighted by molar-refractivity contribution is 6.99. The molecule has 0 spiro atoms. The van der Waals surface area contributed by atoms with Gasteiger partial charge in [-0.1, -0.05) is 207 Å². The molecule has 4 heteroatoms. The number of hydrogen-bond acceptors (Lipinski definition) is 2. The molecule has 0 unspecified atom stereocenters. The minimum absolute atomic E-state index is 0.0516. The zero-order valence-corrected chi connectivity index (χ0v) is 48.4. The van der Waals surface area contributed by atoms with Gasteiger partial charge in [-0.15, -0.1) is 0 Å². The van der Waals surface area contributed by atoms with E-state index in [-0.39, 0.29) is 26.3 Å². The molecule has 71 heavy (non-hydrogen) atoms. The highest BCUT2D eigenvalue weighted by Crippen LogP contribution is 2.62. The van der Waals surface area contributed by atoms with Crippen molar-refractivity contribution in [1.29, 1.82) is 0 Å². The van der Waals surface area contributed by atoms with Crippen LogP contribution in [0.4, 0.5) is 34.1 Å². The molecular formula is C67H80N2Si2. The fourth-order valence-electron chi connectivity index (χ4n) is 12.3. The van der Waals surface area contributed by atoms with E-state index in [2.05, 4.69) is 290 Å². The molecule has 0 saturated carbocycles. The molecule has 0 aliphatic heterocycles. The van der Waals surface area contributed by atoms with Crippen LogP contribution in [0.15, 0.2) is 158 Å². The molecule has 0 fully saturated rings. The Labute approximate surface area is 430 Å². The molecule has 8 aromatic rings. The molecule has 0 atom stereocenters. The molecule has 8 aromatic carbocycles. The van der Waals surface area contributed by atoms with E-state index in [1.54, 1.807) is 0 Å². The molecule has 9 rings (SSSR count). The first-order valence-corrected chi connectivity index (χ1v) is 33.2. The summed E-state index contributed by atoms with van der Waals surface area (Å²) in [4.78, 5) is 5.02. The van der Waals surface area contributed by atoms with Gasteiger partial charge in [0, 0.05) is 38.5 Å². The first-order chi connectivity index (χ1) is 33.0. The first kappa shape index (κ1) is 50.3. The lowest BCUT2D eigenvalue weighted by molar-refractivity contribution is 0.590. The Kier molecular flexibility index (Phi) is 12.2. The van der Waals surface area contributed by atoms with Gasteiger partial charge in [0.2, 0.25) is 0 Å². The average Bonchev–Trinajstić information content (AvgIpc) is 3.59. The molecular weight excluding hydrogens is 889 g/mol. The van der Waals surface area contributed by atoms with E-state index in [4.69, 9.17) is 0 Å². The van der Waals surface area contributed by atoms with Gasteiger partial charge in [0.15, 0.2) is 0 Å². The van der Waals surface area contributed by atoms with Crippen LogP contribution in [0, 0.1) is 0 Å². The van der Waals surface area contributed by atoms with Crippen LogP contribution in [0.5, 0.6) is 0 Å². The second-order valence-corrected chi connectivity index (χ2v) is 37.9. The van der Waals surface area contributed by atoms with Gasteiger partial charge in [0.1, 0.15) is 0 Å². The topological polar surface area (TPSA) is 6.48 Å². The number of benzene rings is 8. The third-order valence-corrected chi connectivity index (χ3v) is 25.9. The van der Waals surface area contributed by atoms with Gasteiger partial charge >= 0.3 is 0 Å². The maximum absolute atomic E-state index is 2.67. The summed E-state index contributed by atoms with van der Waals surface area (Å²) in [5.41, 5.74) is 18.6. The summed E-state index contributed by atoms with van der Waals surface area (Å²) in [6.07, 6.45) is 0. The lowest BCUT2D eigenvalue weighted by atomic mass is 9.86.